The molecule has 0 saturated carbocycles. The summed E-state index contributed by atoms with van der Waals surface area (Å²) >= 11 is 0. The second-order valence-electron chi connectivity index (χ2n) is 7.04. The molecule has 0 spiro atoms. The molecule has 2 heterocycles. The molecule has 1 aliphatic rings. The maximum Gasteiger partial charge on any atom is 0.251 e. The monoisotopic (exact) mass is 421 g/mol. The van der Waals surface area contributed by atoms with Gasteiger partial charge in [-0.15, -0.1) is 0 Å². The van der Waals surface area contributed by atoms with E-state index < -0.39 is 27.9 Å². The Bertz CT molecular complexity index is 1230. The van der Waals surface area contributed by atoms with Gasteiger partial charge in [0.05, 0.1) is 35.7 Å². The van der Waals surface area contributed by atoms with Crippen LogP contribution in [0.1, 0.15) is 21.5 Å². The van der Waals surface area contributed by atoms with E-state index in [-0.39, 0.29) is 11.5 Å². The molecule has 152 valence electrons. The molecule has 4 rings (SSSR count). The maximum absolute atomic E-state index is 12.7. The number of carbonyl (C=O) groups is 1. The van der Waals surface area contributed by atoms with Crippen LogP contribution in [0, 0.1) is 11.8 Å². The number of nitrogens with one attached hydrogen (secondary N) is 1. The van der Waals surface area contributed by atoms with Crippen LogP contribution in [0.2, 0.25) is 0 Å². The molecule has 0 radical (unpaired) electrons. The van der Waals surface area contributed by atoms with E-state index in [1.165, 1.54) is 0 Å². The summed E-state index contributed by atoms with van der Waals surface area (Å²) in [5.41, 5.74) is 2.54. The van der Waals surface area contributed by atoms with Gasteiger partial charge in [0.25, 0.3) is 5.91 Å². The lowest BCUT2D eigenvalue weighted by atomic mass is 10.1. The Morgan fingerprint density at radius 2 is 1.93 bits per heavy atom. The third kappa shape index (κ3) is 4.43. The fourth-order valence-corrected chi connectivity index (χ4v) is 5.03. The van der Waals surface area contributed by atoms with Gasteiger partial charge in [0.2, 0.25) is 0 Å². The highest BCUT2D eigenvalue weighted by atomic mass is 32.2. The third-order valence-corrected chi connectivity index (χ3v) is 6.51. The molecule has 0 aliphatic carbocycles. The molecule has 1 saturated heterocycles. The minimum atomic E-state index is -3.35. The standard InChI is InChI=1S/C22H19N3O4S/c26-21-14-30(28,29)13-19(21)24-22(27)18-8-9-20(25-11-10-23-15-25)17(12-18)7-6-16-4-2-1-3-5-16/h1-5,8-12,15,19,21,26H,13-14H2,(H,24,27). The maximum atomic E-state index is 12.7. The Hall–Kier alpha value is -3.41. The molecule has 2 N–H and O–H groups in total. The zero-order valence-electron chi connectivity index (χ0n) is 15.9. The molecule has 2 atom stereocenters. The minimum absolute atomic E-state index is 0.270. The Labute approximate surface area is 174 Å². The van der Waals surface area contributed by atoms with Gasteiger partial charge in [0, 0.05) is 29.1 Å². The summed E-state index contributed by atoms with van der Waals surface area (Å²) in [7, 11) is -3.35. The number of imidazole rings is 1. The fourth-order valence-electron chi connectivity index (χ4n) is 3.28. The molecule has 1 aliphatic heterocycles. The van der Waals surface area contributed by atoms with E-state index in [0.717, 1.165) is 11.3 Å². The van der Waals surface area contributed by atoms with Gasteiger partial charge >= 0.3 is 0 Å². The number of aliphatic hydroxyl groups is 1. The SMILES string of the molecule is O=C(NC1CS(=O)(=O)CC1O)c1ccc(-n2ccnc2)c(C#Cc2ccccc2)c1. The molecule has 3 aromatic rings. The van der Waals surface area contributed by atoms with Crippen LogP contribution in [0.4, 0.5) is 0 Å². The van der Waals surface area contributed by atoms with E-state index in [1.807, 2.05) is 30.3 Å². The predicted molar refractivity (Wildman–Crippen MR) is 112 cm³/mol. The summed E-state index contributed by atoms with van der Waals surface area (Å²) in [6.45, 7) is 0. The van der Waals surface area contributed by atoms with E-state index in [4.69, 9.17) is 0 Å². The summed E-state index contributed by atoms with van der Waals surface area (Å²) in [6, 6.07) is 13.7. The molecule has 8 heteroatoms. The second-order valence-corrected chi connectivity index (χ2v) is 9.20. The highest BCUT2D eigenvalue weighted by Gasteiger charge is 2.37. The zero-order chi connectivity index (χ0) is 21.1. The molecular formula is C22H19N3O4S. The lowest BCUT2D eigenvalue weighted by Gasteiger charge is -2.15. The Morgan fingerprint density at radius 1 is 1.13 bits per heavy atom. The average Bonchev–Trinajstić information content (AvgIpc) is 3.34. The molecule has 7 nitrogen and oxygen atoms in total. The quantitative estimate of drug-likeness (QED) is 0.618. The molecule has 1 aromatic heterocycles. The molecule has 2 aromatic carbocycles. The molecule has 30 heavy (non-hydrogen) atoms. The number of carbonyl (C=O) groups excluding carboxylic acids is 1. The van der Waals surface area contributed by atoms with Gasteiger partial charge in [-0.25, -0.2) is 13.4 Å². The number of aromatic nitrogens is 2. The normalized spacial score (nSPS) is 19.6. The van der Waals surface area contributed by atoms with Crippen molar-refractivity contribution in [1.82, 2.24) is 14.9 Å². The molecule has 0 bridgehead atoms. The number of rotatable bonds is 3. The van der Waals surface area contributed by atoms with Crippen molar-refractivity contribution in [2.24, 2.45) is 0 Å². The Kier molecular flexibility index (Phi) is 5.40. The van der Waals surface area contributed by atoms with Gasteiger partial charge in [0.1, 0.15) is 0 Å². The Balaban J connectivity index is 1.65. The lowest BCUT2D eigenvalue weighted by Crippen LogP contribution is -2.42. The highest BCUT2D eigenvalue weighted by Crippen LogP contribution is 2.18. The predicted octanol–water partition coefficient (Wildman–Crippen LogP) is 1.16. The second kappa shape index (κ2) is 8.14. The van der Waals surface area contributed by atoms with Crippen molar-refractivity contribution in [1.29, 1.82) is 0 Å². The van der Waals surface area contributed by atoms with Crippen LogP contribution in [-0.4, -0.2) is 52.6 Å². The lowest BCUT2D eigenvalue weighted by molar-refractivity contribution is 0.0888. The van der Waals surface area contributed by atoms with E-state index in [9.17, 15) is 18.3 Å². The average molecular weight is 421 g/mol. The minimum Gasteiger partial charge on any atom is -0.390 e. The Morgan fingerprint density at radius 3 is 2.60 bits per heavy atom. The summed E-state index contributed by atoms with van der Waals surface area (Å²) in [4.78, 5) is 16.8. The summed E-state index contributed by atoms with van der Waals surface area (Å²) in [5, 5.41) is 12.5. The first-order valence-corrected chi connectivity index (χ1v) is 11.1. The van der Waals surface area contributed by atoms with Crippen LogP contribution in [0.3, 0.4) is 0 Å². The van der Waals surface area contributed by atoms with Crippen molar-refractivity contribution in [2.45, 2.75) is 12.1 Å². The van der Waals surface area contributed by atoms with Crippen LogP contribution >= 0.6 is 0 Å². The van der Waals surface area contributed by atoms with Crippen LogP contribution in [-0.2, 0) is 9.84 Å². The number of sulfone groups is 1. The van der Waals surface area contributed by atoms with Gasteiger partial charge in [-0.05, 0) is 30.3 Å². The highest BCUT2D eigenvalue weighted by molar-refractivity contribution is 7.91. The van der Waals surface area contributed by atoms with Gasteiger partial charge in [0.15, 0.2) is 9.84 Å². The van der Waals surface area contributed by atoms with Gasteiger partial charge < -0.3 is 15.0 Å². The van der Waals surface area contributed by atoms with E-state index in [1.54, 1.807) is 41.5 Å². The molecule has 1 amide bonds. The van der Waals surface area contributed by atoms with E-state index >= 15 is 0 Å². The first kappa shape index (κ1) is 19.9. The van der Waals surface area contributed by atoms with Crippen molar-refractivity contribution < 1.29 is 18.3 Å². The summed E-state index contributed by atoms with van der Waals surface area (Å²) < 4.78 is 25.2. The van der Waals surface area contributed by atoms with Gasteiger partial charge in [-0.1, -0.05) is 30.0 Å². The van der Waals surface area contributed by atoms with Crippen LogP contribution in [0.15, 0.2) is 67.3 Å². The molecular weight excluding hydrogens is 402 g/mol. The van der Waals surface area contributed by atoms with Crippen molar-refractivity contribution in [2.75, 3.05) is 11.5 Å². The first-order valence-electron chi connectivity index (χ1n) is 9.30. The van der Waals surface area contributed by atoms with Crippen LogP contribution < -0.4 is 5.32 Å². The smallest absolute Gasteiger partial charge is 0.251 e. The van der Waals surface area contributed by atoms with Crippen LogP contribution in [0.25, 0.3) is 5.69 Å². The molecule has 2 unspecified atom stereocenters. The van der Waals surface area contributed by atoms with Crippen LogP contribution in [0.5, 0.6) is 0 Å². The molecule has 1 fully saturated rings. The number of amides is 1. The van der Waals surface area contributed by atoms with Crippen molar-refractivity contribution in [3.8, 4) is 17.5 Å². The number of hydrogen-bond donors (Lipinski definition) is 2. The van der Waals surface area contributed by atoms with Crippen molar-refractivity contribution >= 4 is 15.7 Å². The topological polar surface area (TPSA) is 101 Å². The van der Waals surface area contributed by atoms with E-state index in [0.29, 0.717) is 11.1 Å². The summed E-state index contributed by atoms with van der Waals surface area (Å²) in [6.07, 6.45) is 3.96. The third-order valence-electron chi connectivity index (χ3n) is 4.80. The van der Waals surface area contributed by atoms with E-state index in [2.05, 4.69) is 22.1 Å². The number of benzene rings is 2. The van der Waals surface area contributed by atoms with Gasteiger partial charge in [-0.3, -0.25) is 4.79 Å². The number of aliphatic hydroxyl groups excluding tert-OH is 1. The summed E-state index contributed by atoms with van der Waals surface area (Å²) in [5.74, 6) is 5.12. The zero-order valence-corrected chi connectivity index (χ0v) is 16.7. The number of nitrogens with zero attached hydrogens (tertiary/aromatic N) is 2. The first-order chi connectivity index (χ1) is 14.4. The van der Waals surface area contributed by atoms with Crippen molar-refractivity contribution in [3.05, 3.63) is 83.9 Å². The van der Waals surface area contributed by atoms with Crippen molar-refractivity contribution in [3.63, 3.8) is 0 Å². The fraction of sp³-hybridized carbons (Fsp3) is 0.182. The number of hydrogen-bond acceptors (Lipinski definition) is 5. The van der Waals surface area contributed by atoms with Gasteiger partial charge in [-0.2, -0.15) is 0 Å². The largest absolute Gasteiger partial charge is 0.390 e.